The fourth-order valence-corrected chi connectivity index (χ4v) is 1.43. The Morgan fingerprint density at radius 2 is 2.31 bits per heavy atom. The van der Waals surface area contributed by atoms with Crippen LogP contribution >= 0.6 is 28.1 Å². The predicted molar refractivity (Wildman–Crippen MR) is 52.0 cm³/mol. The molecule has 7 heteroatoms. The molecule has 0 aliphatic carbocycles. The minimum absolute atomic E-state index is 0.375. The van der Waals surface area contributed by atoms with Gasteiger partial charge in [-0.2, -0.15) is 5.21 Å². The van der Waals surface area contributed by atoms with Gasteiger partial charge in [-0.05, 0) is 34.2 Å². The molecule has 1 N–H and O–H groups in total. The molecule has 0 saturated heterocycles. The Labute approximate surface area is 86.9 Å². The van der Waals surface area contributed by atoms with E-state index in [1.54, 1.807) is 17.1 Å². The summed E-state index contributed by atoms with van der Waals surface area (Å²) in [6.07, 6.45) is 3.36. The van der Waals surface area contributed by atoms with Gasteiger partial charge in [0.25, 0.3) is 0 Å². The first-order valence-corrected chi connectivity index (χ1v) is 4.58. The zero-order valence-electron chi connectivity index (χ0n) is 6.31. The first-order valence-electron chi connectivity index (χ1n) is 3.38. The summed E-state index contributed by atoms with van der Waals surface area (Å²) in [6, 6.07) is 1.86. The number of halogens is 1. The highest BCUT2D eigenvalue weighted by Crippen LogP contribution is 2.11. The number of nitrogens with zero attached hydrogens (tertiary/aromatic N) is 4. The number of pyridine rings is 1. The van der Waals surface area contributed by atoms with Crippen LogP contribution in [0.2, 0.25) is 0 Å². The molecular formula is C6H4BrN5S. The second kappa shape index (κ2) is 3.35. The molecule has 13 heavy (non-hydrogen) atoms. The Balaban J connectivity index is 2.59. The average molecular weight is 258 g/mol. The molecule has 0 fully saturated rings. The molecule has 0 unspecified atom stereocenters. The van der Waals surface area contributed by atoms with Crippen molar-refractivity contribution >= 4 is 28.1 Å². The maximum Gasteiger partial charge on any atom is 0.242 e. The first-order chi connectivity index (χ1) is 6.27. The van der Waals surface area contributed by atoms with Crippen molar-refractivity contribution in [2.24, 2.45) is 0 Å². The van der Waals surface area contributed by atoms with E-state index in [-0.39, 0.29) is 0 Å². The number of hydrogen-bond acceptors (Lipinski definition) is 4. The maximum absolute atomic E-state index is 4.93. The van der Waals surface area contributed by atoms with Gasteiger partial charge in [-0.3, -0.25) is 4.98 Å². The van der Waals surface area contributed by atoms with E-state index in [0.717, 1.165) is 10.2 Å². The molecule has 2 rings (SSSR count). The topological polar surface area (TPSA) is 59.4 Å². The third-order valence-corrected chi connectivity index (χ3v) is 2.12. The SMILES string of the molecule is S=c1nn[nH]n1-c1cncc(Br)c1. The monoisotopic (exact) mass is 257 g/mol. The number of H-pyrrole nitrogens is 1. The molecule has 0 bridgehead atoms. The van der Waals surface area contributed by atoms with Crippen LogP contribution in [-0.4, -0.2) is 25.2 Å². The van der Waals surface area contributed by atoms with E-state index in [1.165, 1.54) is 0 Å². The lowest BCUT2D eigenvalue weighted by molar-refractivity contribution is 0.782. The van der Waals surface area contributed by atoms with E-state index in [4.69, 9.17) is 12.2 Å². The van der Waals surface area contributed by atoms with E-state index < -0.39 is 0 Å². The van der Waals surface area contributed by atoms with Crippen molar-refractivity contribution in [2.45, 2.75) is 0 Å². The zero-order valence-corrected chi connectivity index (χ0v) is 8.71. The van der Waals surface area contributed by atoms with Gasteiger partial charge in [0.1, 0.15) is 0 Å². The van der Waals surface area contributed by atoms with Gasteiger partial charge in [-0.25, -0.2) is 4.68 Å². The van der Waals surface area contributed by atoms with Gasteiger partial charge in [0.2, 0.25) is 4.77 Å². The highest BCUT2D eigenvalue weighted by molar-refractivity contribution is 9.10. The fourth-order valence-electron chi connectivity index (χ4n) is 0.888. The molecule has 2 aromatic rings. The summed E-state index contributed by atoms with van der Waals surface area (Å²) in [6.45, 7) is 0. The second-order valence-corrected chi connectivity index (χ2v) is 3.56. The molecule has 2 aromatic heterocycles. The minimum atomic E-state index is 0.375. The Kier molecular flexibility index (Phi) is 2.19. The Morgan fingerprint density at radius 3 is 2.92 bits per heavy atom. The number of aromatic nitrogens is 5. The molecule has 0 atom stereocenters. The van der Waals surface area contributed by atoms with Crippen molar-refractivity contribution in [1.82, 2.24) is 25.2 Å². The summed E-state index contributed by atoms with van der Waals surface area (Å²) < 4.78 is 2.81. The van der Waals surface area contributed by atoms with Crippen molar-refractivity contribution in [3.63, 3.8) is 0 Å². The quantitative estimate of drug-likeness (QED) is 0.787. The largest absolute Gasteiger partial charge is 0.261 e. The minimum Gasteiger partial charge on any atom is -0.261 e. The highest BCUT2D eigenvalue weighted by Gasteiger charge is 1.99. The standard InChI is InChI=1S/C6H4BrN5S/c7-4-1-5(3-8-2-4)12-6(13)9-10-11-12/h1-3H,(H,9,11,13). The van der Waals surface area contributed by atoms with Crippen molar-refractivity contribution in [1.29, 1.82) is 0 Å². The van der Waals surface area contributed by atoms with Gasteiger partial charge in [0, 0.05) is 10.7 Å². The van der Waals surface area contributed by atoms with Crippen LogP contribution in [0.15, 0.2) is 22.9 Å². The average Bonchev–Trinajstić information content (AvgIpc) is 2.51. The Hall–Kier alpha value is -1.08. The van der Waals surface area contributed by atoms with E-state index >= 15 is 0 Å². The summed E-state index contributed by atoms with van der Waals surface area (Å²) in [7, 11) is 0. The molecule has 5 nitrogen and oxygen atoms in total. The molecule has 0 amide bonds. The number of hydrogen-bond donors (Lipinski definition) is 1. The van der Waals surface area contributed by atoms with E-state index in [2.05, 4.69) is 36.4 Å². The third-order valence-electron chi connectivity index (χ3n) is 1.42. The van der Waals surface area contributed by atoms with Gasteiger partial charge in [0.05, 0.1) is 11.9 Å². The maximum atomic E-state index is 4.93. The summed E-state index contributed by atoms with van der Waals surface area (Å²) in [5.41, 5.74) is 0.796. The summed E-state index contributed by atoms with van der Waals surface area (Å²) in [5.74, 6) is 0. The molecule has 0 radical (unpaired) electrons. The fraction of sp³-hybridized carbons (Fsp3) is 0. The van der Waals surface area contributed by atoms with Crippen molar-refractivity contribution in [2.75, 3.05) is 0 Å². The van der Waals surface area contributed by atoms with Crippen LogP contribution in [0, 0.1) is 4.77 Å². The molecular weight excluding hydrogens is 254 g/mol. The smallest absolute Gasteiger partial charge is 0.242 e. The Bertz CT molecular complexity index is 476. The molecule has 0 aliphatic rings. The lowest BCUT2D eigenvalue weighted by Crippen LogP contribution is -1.97. The van der Waals surface area contributed by atoms with E-state index in [9.17, 15) is 0 Å². The summed E-state index contributed by atoms with van der Waals surface area (Å²) >= 11 is 8.23. The van der Waals surface area contributed by atoms with Gasteiger partial charge < -0.3 is 0 Å². The van der Waals surface area contributed by atoms with Crippen molar-refractivity contribution in [3.8, 4) is 5.69 Å². The highest BCUT2D eigenvalue weighted by atomic mass is 79.9. The predicted octanol–water partition coefficient (Wildman–Crippen LogP) is 1.48. The zero-order chi connectivity index (χ0) is 9.26. The van der Waals surface area contributed by atoms with Crippen LogP contribution in [0.1, 0.15) is 0 Å². The lowest BCUT2D eigenvalue weighted by atomic mass is 10.4. The molecule has 2 heterocycles. The van der Waals surface area contributed by atoms with Crippen LogP contribution in [0.4, 0.5) is 0 Å². The molecule has 0 aromatic carbocycles. The van der Waals surface area contributed by atoms with Crippen LogP contribution in [0.3, 0.4) is 0 Å². The number of aromatic amines is 1. The lowest BCUT2D eigenvalue weighted by Gasteiger charge is -1.98. The van der Waals surface area contributed by atoms with Crippen molar-refractivity contribution < 1.29 is 0 Å². The number of tetrazole rings is 1. The molecule has 0 saturated carbocycles. The summed E-state index contributed by atoms with van der Waals surface area (Å²) in [5, 5.41) is 9.86. The number of nitrogens with one attached hydrogen (secondary N) is 1. The van der Waals surface area contributed by atoms with Crippen molar-refractivity contribution in [3.05, 3.63) is 27.7 Å². The number of rotatable bonds is 1. The normalized spacial score (nSPS) is 10.2. The van der Waals surface area contributed by atoms with Crippen LogP contribution in [-0.2, 0) is 0 Å². The molecule has 0 aliphatic heterocycles. The second-order valence-electron chi connectivity index (χ2n) is 2.28. The van der Waals surface area contributed by atoms with Gasteiger partial charge in [-0.1, -0.05) is 10.3 Å². The van der Waals surface area contributed by atoms with E-state index in [1.807, 2.05) is 6.07 Å². The van der Waals surface area contributed by atoms with Gasteiger partial charge >= 0.3 is 0 Å². The first kappa shape index (κ1) is 8.52. The van der Waals surface area contributed by atoms with E-state index in [0.29, 0.717) is 4.77 Å². The Morgan fingerprint density at radius 1 is 1.46 bits per heavy atom. The molecule has 66 valence electrons. The third kappa shape index (κ3) is 1.65. The van der Waals surface area contributed by atoms with Crippen LogP contribution in [0.25, 0.3) is 5.69 Å². The summed E-state index contributed by atoms with van der Waals surface area (Å²) in [4.78, 5) is 3.99. The van der Waals surface area contributed by atoms with Crippen LogP contribution in [0.5, 0.6) is 0 Å². The van der Waals surface area contributed by atoms with Gasteiger partial charge in [-0.15, -0.1) is 0 Å². The molecule has 0 spiro atoms. The van der Waals surface area contributed by atoms with Gasteiger partial charge in [0.15, 0.2) is 0 Å². The van der Waals surface area contributed by atoms with Crippen LogP contribution < -0.4 is 0 Å².